The van der Waals surface area contributed by atoms with Crippen LogP contribution in [0, 0.1) is 0 Å². The molecule has 0 spiro atoms. The third-order valence-corrected chi connectivity index (χ3v) is 4.95. The molecule has 1 aliphatic rings. The molecule has 0 radical (unpaired) electrons. The zero-order chi connectivity index (χ0) is 21.0. The van der Waals surface area contributed by atoms with E-state index >= 15 is 0 Å². The van der Waals surface area contributed by atoms with E-state index in [0.717, 1.165) is 5.69 Å². The first-order chi connectivity index (χ1) is 14.0. The monoisotopic (exact) mass is 398 g/mol. The van der Waals surface area contributed by atoms with Gasteiger partial charge in [-0.2, -0.15) is 0 Å². The first kappa shape index (κ1) is 20.5. The molecule has 0 N–H and O–H groups in total. The number of hydrogen-bond donors (Lipinski definition) is 0. The van der Waals surface area contributed by atoms with E-state index in [1.165, 1.54) is 14.2 Å². The number of hydrogen-bond acceptors (Lipinski definition) is 5. The van der Waals surface area contributed by atoms with Crippen LogP contribution < -0.4 is 19.1 Å². The number of amides is 2. The van der Waals surface area contributed by atoms with Crippen molar-refractivity contribution in [2.24, 2.45) is 0 Å². The van der Waals surface area contributed by atoms with Gasteiger partial charge in [0.1, 0.15) is 23.3 Å². The SMILES string of the molecule is CCOc1cccc(N2CCN(C(=O)c3cc(OC)cc(OC)c3)C(C)C2=O)c1. The van der Waals surface area contributed by atoms with Crippen molar-refractivity contribution in [3.63, 3.8) is 0 Å². The van der Waals surface area contributed by atoms with Crippen molar-refractivity contribution in [2.75, 3.05) is 38.8 Å². The molecule has 1 fully saturated rings. The molecular formula is C22H26N2O5. The van der Waals surface area contributed by atoms with Crippen LogP contribution >= 0.6 is 0 Å². The molecule has 1 atom stereocenters. The minimum Gasteiger partial charge on any atom is -0.497 e. The van der Waals surface area contributed by atoms with Crippen LogP contribution in [0.3, 0.4) is 0 Å². The van der Waals surface area contributed by atoms with Gasteiger partial charge in [-0.25, -0.2) is 0 Å². The van der Waals surface area contributed by atoms with Gasteiger partial charge >= 0.3 is 0 Å². The molecule has 0 saturated carbocycles. The van der Waals surface area contributed by atoms with Gasteiger partial charge in [-0.1, -0.05) is 6.07 Å². The van der Waals surface area contributed by atoms with Gasteiger partial charge < -0.3 is 24.0 Å². The zero-order valence-corrected chi connectivity index (χ0v) is 17.2. The zero-order valence-electron chi connectivity index (χ0n) is 17.2. The molecule has 2 amide bonds. The number of nitrogens with zero attached hydrogens (tertiary/aromatic N) is 2. The Kier molecular flexibility index (Phi) is 6.26. The first-order valence-corrected chi connectivity index (χ1v) is 9.56. The lowest BCUT2D eigenvalue weighted by atomic mass is 10.1. The number of anilines is 1. The molecule has 29 heavy (non-hydrogen) atoms. The highest BCUT2D eigenvalue weighted by atomic mass is 16.5. The molecule has 1 aliphatic heterocycles. The lowest BCUT2D eigenvalue weighted by Crippen LogP contribution is -2.57. The minimum atomic E-state index is -0.593. The van der Waals surface area contributed by atoms with Gasteiger partial charge in [0.25, 0.3) is 5.91 Å². The highest BCUT2D eigenvalue weighted by Crippen LogP contribution is 2.27. The van der Waals surface area contributed by atoms with Crippen LogP contribution in [0.5, 0.6) is 17.2 Å². The summed E-state index contributed by atoms with van der Waals surface area (Å²) >= 11 is 0. The second-order valence-electron chi connectivity index (χ2n) is 6.70. The molecular weight excluding hydrogens is 372 g/mol. The number of carbonyl (C=O) groups is 2. The maximum Gasteiger partial charge on any atom is 0.254 e. The summed E-state index contributed by atoms with van der Waals surface area (Å²) in [5, 5.41) is 0. The van der Waals surface area contributed by atoms with Crippen molar-refractivity contribution in [3.8, 4) is 17.2 Å². The number of benzene rings is 2. The highest BCUT2D eigenvalue weighted by Gasteiger charge is 2.35. The van der Waals surface area contributed by atoms with Crippen LogP contribution in [0.25, 0.3) is 0 Å². The van der Waals surface area contributed by atoms with Crippen molar-refractivity contribution in [3.05, 3.63) is 48.0 Å². The number of rotatable bonds is 6. The maximum absolute atomic E-state index is 13.1. The fourth-order valence-corrected chi connectivity index (χ4v) is 3.41. The summed E-state index contributed by atoms with van der Waals surface area (Å²) in [7, 11) is 3.06. The molecule has 7 heteroatoms. The van der Waals surface area contributed by atoms with E-state index < -0.39 is 6.04 Å². The first-order valence-electron chi connectivity index (χ1n) is 9.56. The third-order valence-electron chi connectivity index (χ3n) is 4.95. The summed E-state index contributed by atoms with van der Waals surface area (Å²) in [6.45, 7) is 5.05. The van der Waals surface area contributed by atoms with E-state index in [9.17, 15) is 9.59 Å². The molecule has 1 heterocycles. The van der Waals surface area contributed by atoms with E-state index in [-0.39, 0.29) is 11.8 Å². The Labute approximate surface area is 170 Å². The molecule has 154 valence electrons. The molecule has 7 nitrogen and oxygen atoms in total. The third kappa shape index (κ3) is 4.29. The van der Waals surface area contributed by atoms with E-state index in [1.807, 2.05) is 31.2 Å². The van der Waals surface area contributed by atoms with E-state index in [2.05, 4.69) is 0 Å². The minimum absolute atomic E-state index is 0.131. The molecule has 2 aromatic carbocycles. The Morgan fingerprint density at radius 1 is 1.03 bits per heavy atom. The van der Waals surface area contributed by atoms with Gasteiger partial charge in [0.15, 0.2) is 0 Å². The van der Waals surface area contributed by atoms with Gasteiger partial charge in [0.05, 0.1) is 20.8 Å². The summed E-state index contributed by atoms with van der Waals surface area (Å²) in [6.07, 6.45) is 0. The maximum atomic E-state index is 13.1. The summed E-state index contributed by atoms with van der Waals surface area (Å²) < 4.78 is 16.0. The Morgan fingerprint density at radius 2 is 1.72 bits per heavy atom. The van der Waals surface area contributed by atoms with E-state index in [4.69, 9.17) is 14.2 Å². The van der Waals surface area contributed by atoms with Gasteiger partial charge in [0.2, 0.25) is 5.91 Å². The highest BCUT2D eigenvalue weighted by molar-refractivity contribution is 6.03. The number of methoxy groups -OCH3 is 2. The summed E-state index contributed by atoms with van der Waals surface area (Å²) in [6, 6.07) is 11.9. The lowest BCUT2D eigenvalue weighted by molar-refractivity contribution is -0.124. The van der Waals surface area contributed by atoms with Gasteiger partial charge in [0, 0.05) is 36.5 Å². The van der Waals surface area contributed by atoms with Gasteiger partial charge in [-0.15, -0.1) is 0 Å². The number of carbonyl (C=O) groups excluding carboxylic acids is 2. The Bertz CT molecular complexity index is 876. The largest absolute Gasteiger partial charge is 0.497 e. The molecule has 0 aromatic heterocycles. The average Bonchev–Trinajstić information content (AvgIpc) is 2.75. The normalized spacial score (nSPS) is 16.6. The Hall–Kier alpha value is -3.22. The van der Waals surface area contributed by atoms with Crippen LogP contribution in [-0.2, 0) is 4.79 Å². The van der Waals surface area contributed by atoms with Crippen molar-refractivity contribution in [1.29, 1.82) is 0 Å². The fourth-order valence-electron chi connectivity index (χ4n) is 3.41. The topological polar surface area (TPSA) is 68.3 Å². The quantitative estimate of drug-likeness (QED) is 0.748. The molecule has 1 saturated heterocycles. The molecule has 2 aromatic rings. The van der Waals surface area contributed by atoms with Crippen LogP contribution in [0.1, 0.15) is 24.2 Å². The van der Waals surface area contributed by atoms with E-state index in [0.29, 0.717) is 42.5 Å². The van der Waals surface area contributed by atoms with Crippen molar-refractivity contribution >= 4 is 17.5 Å². The Balaban J connectivity index is 1.81. The second-order valence-corrected chi connectivity index (χ2v) is 6.70. The van der Waals surface area contributed by atoms with Crippen LogP contribution in [0.2, 0.25) is 0 Å². The second kappa shape index (κ2) is 8.86. The number of piperazine rings is 1. The van der Waals surface area contributed by atoms with Crippen molar-refractivity contribution < 1.29 is 23.8 Å². The molecule has 3 rings (SSSR count). The molecule has 1 unspecified atom stereocenters. The van der Waals surface area contributed by atoms with E-state index in [1.54, 1.807) is 34.9 Å². The Morgan fingerprint density at radius 3 is 2.34 bits per heavy atom. The average molecular weight is 398 g/mol. The van der Waals surface area contributed by atoms with Crippen molar-refractivity contribution in [2.45, 2.75) is 19.9 Å². The summed E-state index contributed by atoms with van der Waals surface area (Å²) in [4.78, 5) is 29.4. The predicted octanol–water partition coefficient (Wildman–Crippen LogP) is 2.98. The van der Waals surface area contributed by atoms with Gasteiger partial charge in [-0.3, -0.25) is 9.59 Å². The van der Waals surface area contributed by atoms with Gasteiger partial charge in [-0.05, 0) is 38.1 Å². The van der Waals surface area contributed by atoms with Crippen molar-refractivity contribution in [1.82, 2.24) is 4.90 Å². The smallest absolute Gasteiger partial charge is 0.254 e. The molecule has 0 aliphatic carbocycles. The van der Waals surface area contributed by atoms with Crippen LogP contribution in [0.4, 0.5) is 5.69 Å². The summed E-state index contributed by atoms with van der Waals surface area (Å²) in [5.74, 6) is 1.41. The molecule has 0 bridgehead atoms. The lowest BCUT2D eigenvalue weighted by Gasteiger charge is -2.39. The van der Waals surface area contributed by atoms with Crippen LogP contribution in [0.15, 0.2) is 42.5 Å². The number of ether oxygens (including phenoxy) is 3. The standard InChI is InChI=1S/C22H26N2O5/c1-5-29-18-8-6-7-17(13-18)24-10-9-23(15(2)21(24)25)22(26)16-11-19(27-3)14-20(12-16)28-4/h6-8,11-15H,5,9-10H2,1-4H3. The van der Waals surface area contributed by atoms with Crippen LogP contribution in [-0.4, -0.2) is 56.7 Å². The predicted molar refractivity (Wildman–Crippen MR) is 110 cm³/mol. The fraction of sp³-hybridized carbons (Fsp3) is 0.364. The summed E-state index contributed by atoms with van der Waals surface area (Å²) in [5.41, 5.74) is 1.19.